The Bertz CT molecular complexity index is 959. The number of carbonyl (C=O) groups excluding carboxylic acids is 1. The van der Waals surface area contributed by atoms with E-state index in [1.54, 1.807) is 49.6 Å². The van der Waals surface area contributed by atoms with Crippen molar-refractivity contribution in [2.45, 2.75) is 12.7 Å². The van der Waals surface area contributed by atoms with E-state index >= 15 is 0 Å². The van der Waals surface area contributed by atoms with Crippen LogP contribution in [-0.4, -0.2) is 24.3 Å². The zero-order chi connectivity index (χ0) is 20.5. The van der Waals surface area contributed by atoms with Gasteiger partial charge in [0.25, 0.3) is 5.91 Å². The summed E-state index contributed by atoms with van der Waals surface area (Å²) in [5.74, 6) is 0.555. The summed E-state index contributed by atoms with van der Waals surface area (Å²) in [6.45, 7) is 0.429. The predicted octanol–water partition coefficient (Wildman–Crippen LogP) is 3.46. The quantitative estimate of drug-likeness (QED) is 0.456. The molecule has 0 aliphatic carbocycles. The largest absolute Gasteiger partial charge is 0.493 e. The van der Waals surface area contributed by atoms with E-state index in [1.165, 1.54) is 6.21 Å². The molecular formula is C23H22N2O4. The van der Waals surface area contributed by atoms with Gasteiger partial charge < -0.3 is 14.6 Å². The molecule has 3 rings (SSSR count). The van der Waals surface area contributed by atoms with E-state index in [0.717, 1.165) is 5.56 Å². The lowest BCUT2D eigenvalue weighted by Crippen LogP contribution is -2.25. The number of hydrogen-bond donors (Lipinski definition) is 2. The van der Waals surface area contributed by atoms with Crippen LogP contribution in [0, 0.1) is 0 Å². The Labute approximate surface area is 169 Å². The smallest absolute Gasteiger partial charge is 0.273 e. The first kappa shape index (κ1) is 20.1. The zero-order valence-corrected chi connectivity index (χ0v) is 16.0. The number of hydrazone groups is 1. The maximum Gasteiger partial charge on any atom is 0.273 e. The summed E-state index contributed by atoms with van der Waals surface area (Å²) in [5, 5.41) is 13.9. The molecule has 0 aromatic heterocycles. The van der Waals surface area contributed by atoms with Gasteiger partial charge in [-0.05, 0) is 34.9 Å². The van der Waals surface area contributed by atoms with Gasteiger partial charge in [0.1, 0.15) is 6.61 Å². The van der Waals surface area contributed by atoms with E-state index in [2.05, 4.69) is 10.5 Å². The highest BCUT2D eigenvalue weighted by Gasteiger charge is 2.16. The first-order valence-corrected chi connectivity index (χ1v) is 9.08. The molecule has 1 unspecified atom stereocenters. The van der Waals surface area contributed by atoms with Crippen LogP contribution in [0.5, 0.6) is 11.5 Å². The van der Waals surface area contributed by atoms with Crippen molar-refractivity contribution < 1.29 is 19.4 Å². The summed E-state index contributed by atoms with van der Waals surface area (Å²) < 4.78 is 11.2. The molecule has 3 aromatic carbocycles. The van der Waals surface area contributed by atoms with Gasteiger partial charge in [-0.1, -0.05) is 60.7 Å². The van der Waals surface area contributed by atoms with Gasteiger partial charge in [-0.2, -0.15) is 5.10 Å². The number of carbonyl (C=O) groups is 1. The molecule has 0 aliphatic rings. The molecule has 6 nitrogen and oxygen atoms in total. The van der Waals surface area contributed by atoms with Crippen LogP contribution >= 0.6 is 0 Å². The SMILES string of the molecule is COc1cc(C=NNC(=O)C(O)c2ccccc2)ccc1OCc1ccccc1. The standard InChI is InChI=1S/C23H22N2O4/c1-28-21-14-18(12-13-20(21)29-16-17-8-4-2-5-9-17)15-24-25-23(27)22(26)19-10-6-3-7-11-19/h2-15,22,26H,16H2,1H3,(H,25,27). The van der Waals surface area contributed by atoms with Crippen molar-refractivity contribution >= 4 is 12.1 Å². The molecule has 2 N–H and O–H groups in total. The summed E-state index contributed by atoms with van der Waals surface area (Å²) in [5.41, 5.74) is 4.61. The summed E-state index contributed by atoms with van der Waals surface area (Å²) in [6, 6.07) is 23.8. The van der Waals surface area contributed by atoms with Gasteiger partial charge in [0, 0.05) is 0 Å². The molecule has 0 bridgehead atoms. The molecule has 29 heavy (non-hydrogen) atoms. The minimum Gasteiger partial charge on any atom is -0.493 e. The number of ether oxygens (including phenoxy) is 2. The van der Waals surface area contributed by atoms with Crippen molar-refractivity contribution in [1.82, 2.24) is 5.43 Å². The third kappa shape index (κ3) is 5.67. The number of benzene rings is 3. The average molecular weight is 390 g/mol. The maximum absolute atomic E-state index is 12.0. The first-order chi connectivity index (χ1) is 14.2. The number of hydrogen-bond acceptors (Lipinski definition) is 5. The van der Waals surface area contributed by atoms with Crippen LogP contribution in [0.3, 0.4) is 0 Å². The number of rotatable bonds is 8. The topological polar surface area (TPSA) is 80.2 Å². The van der Waals surface area contributed by atoms with Crippen LogP contribution < -0.4 is 14.9 Å². The van der Waals surface area contributed by atoms with Gasteiger partial charge in [-0.3, -0.25) is 4.79 Å². The number of nitrogens with zero attached hydrogens (tertiary/aromatic N) is 1. The minimum absolute atomic E-state index is 0.429. The second kappa shape index (κ2) is 10.1. The first-order valence-electron chi connectivity index (χ1n) is 9.08. The zero-order valence-electron chi connectivity index (χ0n) is 16.0. The van der Waals surface area contributed by atoms with Crippen molar-refractivity contribution in [2.75, 3.05) is 7.11 Å². The summed E-state index contributed by atoms with van der Waals surface area (Å²) >= 11 is 0. The van der Waals surface area contributed by atoms with Crippen LogP contribution in [0.15, 0.2) is 84.0 Å². The monoisotopic (exact) mass is 390 g/mol. The predicted molar refractivity (Wildman–Crippen MR) is 111 cm³/mol. The van der Waals surface area contributed by atoms with Gasteiger partial charge in [-0.15, -0.1) is 0 Å². The van der Waals surface area contributed by atoms with Crippen molar-refractivity contribution in [3.8, 4) is 11.5 Å². The molecular weight excluding hydrogens is 368 g/mol. The molecule has 1 amide bonds. The van der Waals surface area contributed by atoms with Crippen molar-refractivity contribution in [1.29, 1.82) is 0 Å². The highest BCUT2D eigenvalue weighted by molar-refractivity contribution is 5.85. The third-order valence-corrected chi connectivity index (χ3v) is 4.18. The molecule has 1 atom stereocenters. The fraction of sp³-hybridized carbons (Fsp3) is 0.130. The highest BCUT2D eigenvalue weighted by Crippen LogP contribution is 2.28. The number of aliphatic hydroxyl groups is 1. The van der Waals surface area contributed by atoms with Crippen molar-refractivity contribution in [3.05, 3.63) is 95.6 Å². The summed E-state index contributed by atoms with van der Waals surface area (Å²) in [6.07, 6.45) is 0.190. The van der Waals surface area contributed by atoms with Crippen LogP contribution in [0.2, 0.25) is 0 Å². The Morgan fingerprint density at radius 3 is 2.41 bits per heavy atom. The molecule has 0 saturated heterocycles. The Morgan fingerprint density at radius 1 is 1.03 bits per heavy atom. The molecule has 0 fully saturated rings. The maximum atomic E-state index is 12.0. The molecule has 0 saturated carbocycles. The minimum atomic E-state index is -1.28. The van der Waals surface area contributed by atoms with Crippen molar-refractivity contribution in [2.24, 2.45) is 5.10 Å². The fourth-order valence-corrected chi connectivity index (χ4v) is 2.64. The lowest BCUT2D eigenvalue weighted by molar-refractivity contribution is -0.129. The van der Waals surface area contributed by atoms with E-state index in [0.29, 0.717) is 29.2 Å². The number of nitrogens with one attached hydrogen (secondary N) is 1. The molecule has 0 heterocycles. The Balaban J connectivity index is 1.60. The molecule has 0 radical (unpaired) electrons. The Kier molecular flexibility index (Phi) is 6.97. The van der Waals surface area contributed by atoms with Gasteiger partial charge in [0.15, 0.2) is 17.6 Å². The molecule has 0 spiro atoms. The lowest BCUT2D eigenvalue weighted by Gasteiger charge is -2.11. The summed E-state index contributed by atoms with van der Waals surface area (Å²) in [4.78, 5) is 12.0. The van der Waals surface area contributed by atoms with E-state index in [1.807, 2.05) is 36.4 Å². The Morgan fingerprint density at radius 2 is 1.72 bits per heavy atom. The van der Waals surface area contributed by atoms with E-state index in [9.17, 15) is 9.90 Å². The van der Waals surface area contributed by atoms with Crippen molar-refractivity contribution in [3.63, 3.8) is 0 Å². The normalized spacial score (nSPS) is 11.8. The average Bonchev–Trinajstić information content (AvgIpc) is 2.78. The second-order valence-corrected chi connectivity index (χ2v) is 6.23. The van der Waals surface area contributed by atoms with Crippen LogP contribution in [0.25, 0.3) is 0 Å². The third-order valence-electron chi connectivity index (χ3n) is 4.18. The van der Waals surface area contributed by atoms with E-state index < -0.39 is 12.0 Å². The lowest BCUT2D eigenvalue weighted by atomic mass is 10.1. The second-order valence-electron chi connectivity index (χ2n) is 6.23. The highest BCUT2D eigenvalue weighted by atomic mass is 16.5. The van der Waals surface area contributed by atoms with Gasteiger partial charge >= 0.3 is 0 Å². The molecule has 148 valence electrons. The van der Waals surface area contributed by atoms with Crippen LogP contribution in [-0.2, 0) is 11.4 Å². The number of amides is 1. The molecule has 6 heteroatoms. The van der Waals surface area contributed by atoms with Crippen LogP contribution in [0.1, 0.15) is 22.8 Å². The molecule has 3 aromatic rings. The van der Waals surface area contributed by atoms with Crippen LogP contribution in [0.4, 0.5) is 0 Å². The fourth-order valence-electron chi connectivity index (χ4n) is 2.64. The van der Waals surface area contributed by atoms with E-state index in [4.69, 9.17) is 9.47 Å². The number of aliphatic hydroxyl groups excluding tert-OH is 1. The van der Waals surface area contributed by atoms with Gasteiger partial charge in [0.2, 0.25) is 0 Å². The van der Waals surface area contributed by atoms with E-state index in [-0.39, 0.29) is 0 Å². The van der Waals surface area contributed by atoms with Gasteiger partial charge in [0.05, 0.1) is 13.3 Å². The number of methoxy groups -OCH3 is 1. The summed E-state index contributed by atoms with van der Waals surface area (Å²) in [7, 11) is 1.56. The van der Waals surface area contributed by atoms with Gasteiger partial charge in [-0.25, -0.2) is 5.43 Å². The molecule has 0 aliphatic heterocycles. The Hall–Kier alpha value is -3.64.